The lowest BCUT2D eigenvalue weighted by atomic mass is 9.85. The second kappa shape index (κ2) is 5.02. The molecular weight excluding hydrogens is 246 g/mol. The number of imidazole rings is 1. The van der Waals surface area contributed by atoms with Crippen molar-refractivity contribution in [3.8, 4) is 5.69 Å². The van der Waals surface area contributed by atoms with Crippen LogP contribution in [0.1, 0.15) is 19.3 Å². The van der Waals surface area contributed by atoms with Crippen molar-refractivity contribution in [2.75, 3.05) is 11.9 Å². The summed E-state index contributed by atoms with van der Waals surface area (Å²) in [5, 5.41) is 4.25. The molecular formula is C14H16ClN3. The van der Waals surface area contributed by atoms with E-state index in [-0.39, 0.29) is 0 Å². The number of para-hydroxylation sites is 1. The molecule has 1 aromatic heterocycles. The number of hydrogen-bond acceptors (Lipinski definition) is 2. The number of hydrogen-bond donors (Lipinski definition) is 1. The Bertz CT molecular complexity index is 518. The van der Waals surface area contributed by atoms with Crippen molar-refractivity contribution >= 4 is 17.3 Å². The predicted octanol–water partition coefficient (Wildman–Crippen LogP) is 3.74. The van der Waals surface area contributed by atoms with Gasteiger partial charge in [-0.3, -0.25) is 0 Å². The summed E-state index contributed by atoms with van der Waals surface area (Å²) in [6.07, 6.45) is 9.50. The number of halogens is 1. The second-order valence-corrected chi connectivity index (χ2v) is 5.19. The summed E-state index contributed by atoms with van der Waals surface area (Å²) in [5.74, 6) is 0.819. The van der Waals surface area contributed by atoms with Gasteiger partial charge in [-0.1, -0.05) is 24.1 Å². The number of nitrogens with one attached hydrogen (secondary N) is 1. The van der Waals surface area contributed by atoms with Crippen LogP contribution in [0.5, 0.6) is 0 Å². The zero-order chi connectivity index (χ0) is 12.4. The maximum atomic E-state index is 6.30. The molecule has 2 aromatic rings. The molecule has 0 atom stereocenters. The monoisotopic (exact) mass is 261 g/mol. The van der Waals surface area contributed by atoms with Crippen molar-refractivity contribution in [3.05, 3.63) is 41.9 Å². The first kappa shape index (κ1) is 11.6. The zero-order valence-electron chi connectivity index (χ0n) is 10.1. The molecule has 4 heteroatoms. The Hall–Kier alpha value is -1.48. The van der Waals surface area contributed by atoms with E-state index in [4.69, 9.17) is 11.6 Å². The molecule has 1 aliphatic carbocycles. The van der Waals surface area contributed by atoms with Crippen molar-refractivity contribution in [2.24, 2.45) is 5.92 Å². The van der Waals surface area contributed by atoms with Crippen molar-refractivity contribution in [1.82, 2.24) is 9.55 Å². The van der Waals surface area contributed by atoms with Crippen molar-refractivity contribution in [2.45, 2.75) is 19.3 Å². The normalized spacial score (nSPS) is 15.4. The standard InChI is InChI=1S/C14H16ClN3/c15-12-5-2-6-13(17-9-11-3-1-4-11)14(12)18-8-7-16-10-18/h2,5-8,10-11,17H,1,3-4,9H2. The Morgan fingerprint density at radius 3 is 2.94 bits per heavy atom. The molecule has 0 bridgehead atoms. The topological polar surface area (TPSA) is 29.9 Å². The maximum Gasteiger partial charge on any atom is 0.0992 e. The van der Waals surface area contributed by atoms with Crippen molar-refractivity contribution in [3.63, 3.8) is 0 Å². The van der Waals surface area contributed by atoms with E-state index < -0.39 is 0 Å². The molecule has 1 fully saturated rings. The molecule has 0 radical (unpaired) electrons. The average molecular weight is 262 g/mol. The van der Waals surface area contributed by atoms with Gasteiger partial charge in [-0.05, 0) is 30.9 Å². The number of anilines is 1. The maximum absolute atomic E-state index is 6.30. The van der Waals surface area contributed by atoms with Crippen LogP contribution in [0.15, 0.2) is 36.9 Å². The molecule has 1 aromatic carbocycles. The Labute approximate surface area is 112 Å². The van der Waals surface area contributed by atoms with Gasteiger partial charge in [0.15, 0.2) is 0 Å². The average Bonchev–Trinajstić information content (AvgIpc) is 2.80. The minimum atomic E-state index is 0.742. The summed E-state index contributed by atoms with van der Waals surface area (Å²) < 4.78 is 1.95. The molecule has 0 amide bonds. The van der Waals surface area contributed by atoms with Crippen LogP contribution in [0.4, 0.5) is 5.69 Å². The first-order valence-corrected chi connectivity index (χ1v) is 6.73. The molecule has 18 heavy (non-hydrogen) atoms. The van der Waals surface area contributed by atoms with Gasteiger partial charge in [0.1, 0.15) is 0 Å². The van der Waals surface area contributed by atoms with Gasteiger partial charge in [-0.2, -0.15) is 0 Å². The van der Waals surface area contributed by atoms with Crippen LogP contribution in [0, 0.1) is 5.92 Å². The summed E-state index contributed by atoms with van der Waals surface area (Å²) in [6.45, 7) is 1.03. The van der Waals surface area contributed by atoms with Gasteiger partial charge in [0.2, 0.25) is 0 Å². The molecule has 3 nitrogen and oxygen atoms in total. The van der Waals surface area contributed by atoms with Gasteiger partial charge < -0.3 is 9.88 Å². The van der Waals surface area contributed by atoms with Crippen LogP contribution < -0.4 is 5.32 Å². The largest absolute Gasteiger partial charge is 0.383 e. The first-order valence-electron chi connectivity index (χ1n) is 6.35. The van der Waals surface area contributed by atoms with Gasteiger partial charge in [0.25, 0.3) is 0 Å². The van der Waals surface area contributed by atoms with Crippen molar-refractivity contribution < 1.29 is 0 Å². The summed E-state index contributed by atoms with van der Waals surface area (Å²) in [7, 11) is 0. The van der Waals surface area contributed by atoms with Crippen LogP contribution in [-0.2, 0) is 0 Å². The molecule has 0 saturated heterocycles. The van der Waals surface area contributed by atoms with Gasteiger partial charge in [-0.25, -0.2) is 4.98 Å². The van der Waals surface area contributed by atoms with E-state index in [0.29, 0.717) is 0 Å². The third kappa shape index (κ3) is 2.23. The highest BCUT2D eigenvalue weighted by Gasteiger charge is 2.17. The van der Waals surface area contributed by atoms with Crippen LogP contribution in [0.3, 0.4) is 0 Å². The summed E-state index contributed by atoms with van der Waals surface area (Å²) in [5.41, 5.74) is 2.06. The second-order valence-electron chi connectivity index (χ2n) is 4.78. The predicted molar refractivity (Wildman–Crippen MR) is 74.4 cm³/mol. The highest BCUT2D eigenvalue weighted by Crippen LogP contribution is 2.31. The van der Waals surface area contributed by atoms with E-state index in [1.54, 1.807) is 12.5 Å². The SMILES string of the molecule is Clc1cccc(NCC2CCC2)c1-n1ccnc1. The zero-order valence-corrected chi connectivity index (χ0v) is 10.9. The fourth-order valence-corrected chi connectivity index (χ4v) is 2.54. The van der Waals surface area contributed by atoms with Gasteiger partial charge in [0.05, 0.1) is 22.7 Å². The number of rotatable bonds is 4. The van der Waals surface area contributed by atoms with E-state index in [1.165, 1.54) is 19.3 Å². The Morgan fingerprint density at radius 1 is 1.39 bits per heavy atom. The minimum Gasteiger partial charge on any atom is -0.383 e. The molecule has 1 N–H and O–H groups in total. The van der Waals surface area contributed by atoms with Crippen LogP contribution in [0.2, 0.25) is 5.02 Å². The van der Waals surface area contributed by atoms with Crippen molar-refractivity contribution in [1.29, 1.82) is 0 Å². The summed E-state index contributed by atoms with van der Waals surface area (Å²) >= 11 is 6.30. The molecule has 3 rings (SSSR count). The quantitative estimate of drug-likeness (QED) is 0.909. The molecule has 0 aliphatic heterocycles. The van der Waals surface area contributed by atoms with Crippen LogP contribution in [-0.4, -0.2) is 16.1 Å². The molecule has 0 spiro atoms. The van der Waals surface area contributed by atoms with Crippen LogP contribution >= 0.6 is 11.6 Å². The molecule has 1 heterocycles. The molecule has 1 saturated carbocycles. The van der Waals surface area contributed by atoms with E-state index in [1.807, 2.05) is 22.9 Å². The number of aromatic nitrogens is 2. The molecule has 0 unspecified atom stereocenters. The summed E-state index contributed by atoms with van der Waals surface area (Å²) in [4.78, 5) is 4.08. The smallest absolute Gasteiger partial charge is 0.0992 e. The summed E-state index contributed by atoms with van der Waals surface area (Å²) in [6, 6.07) is 5.96. The van der Waals surface area contributed by atoms with E-state index in [2.05, 4.69) is 16.4 Å². The fraction of sp³-hybridized carbons (Fsp3) is 0.357. The van der Waals surface area contributed by atoms with E-state index in [9.17, 15) is 0 Å². The van der Waals surface area contributed by atoms with Gasteiger partial charge in [0, 0.05) is 18.9 Å². The Kier molecular flexibility index (Phi) is 3.24. The highest BCUT2D eigenvalue weighted by atomic mass is 35.5. The van der Waals surface area contributed by atoms with Crippen LogP contribution in [0.25, 0.3) is 5.69 Å². The molecule has 94 valence electrons. The lowest BCUT2D eigenvalue weighted by molar-refractivity contribution is 0.333. The highest BCUT2D eigenvalue weighted by molar-refractivity contribution is 6.33. The van der Waals surface area contributed by atoms with E-state index >= 15 is 0 Å². The fourth-order valence-electron chi connectivity index (χ4n) is 2.26. The van der Waals surface area contributed by atoms with E-state index in [0.717, 1.165) is 28.9 Å². The Morgan fingerprint density at radius 2 is 2.28 bits per heavy atom. The Balaban J connectivity index is 1.86. The van der Waals surface area contributed by atoms with Gasteiger partial charge in [-0.15, -0.1) is 0 Å². The number of nitrogens with zero attached hydrogens (tertiary/aromatic N) is 2. The third-order valence-electron chi connectivity index (χ3n) is 3.56. The molecule has 1 aliphatic rings. The minimum absolute atomic E-state index is 0.742. The van der Waals surface area contributed by atoms with Gasteiger partial charge >= 0.3 is 0 Å². The lowest BCUT2D eigenvalue weighted by Crippen LogP contribution is -2.21. The third-order valence-corrected chi connectivity index (χ3v) is 3.86. The first-order chi connectivity index (χ1) is 8.84. The number of benzene rings is 1. The lowest BCUT2D eigenvalue weighted by Gasteiger charge is -2.26.